The number of carbonyl (C=O) groups is 1. The molecule has 1 unspecified atom stereocenters. The molecule has 29 heavy (non-hydrogen) atoms. The second-order valence-electron chi connectivity index (χ2n) is 6.42. The van der Waals surface area contributed by atoms with E-state index in [1.54, 1.807) is 26.4 Å². The highest BCUT2D eigenvalue weighted by Crippen LogP contribution is 2.31. The van der Waals surface area contributed by atoms with Crippen LogP contribution in [0.3, 0.4) is 0 Å². The monoisotopic (exact) mass is 392 g/mol. The molecule has 1 atom stereocenters. The molecule has 0 spiro atoms. The zero-order valence-electron chi connectivity index (χ0n) is 16.2. The molecule has 3 heterocycles. The van der Waals surface area contributed by atoms with Crippen molar-refractivity contribution in [3.63, 3.8) is 0 Å². The van der Waals surface area contributed by atoms with Gasteiger partial charge >= 0.3 is 0 Å². The van der Waals surface area contributed by atoms with Crippen LogP contribution >= 0.6 is 0 Å². The molecule has 9 heteroatoms. The number of hydrogen-bond acceptors (Lipinski definition) is 6. The van der Waals surface area contributed by atoms with Crippen molar-refractivity contribution in [2.24, 2.45) is 0 Å². The summed E-state index contributed by atoms with van der Waals surface area (Å²) in [6.45, 7) is 1.85. The molecular weight excluding hydrogens is 372 g/mol. The number of nitrogens with one attached hydrogen (secondary N) is 2. The molecule has 3 aromatic heterocycles. The second-order valence-corrected chi connectivity index (χ2v) is 6.42. The average molecular weight is 392 g/mol. The van der Waals surface area contributed by atoms with Crippen LogP contribution in [0.1, 0.15) is 29.3 Å². The molecule has 0 bridgehead atoms. The van der Waals surface area contributed by atoms with Gasteiger partial charge in [-0.25, -0.2) is 0 Å². The van der Waals surface area contributed by atoms with E-state index in [9.17, 15) is 4.79 Å². The first-order valence-corrected chi connectivity index (χ1v) is 8.99. The largest absolute Gasteiger partial charge is 0.493 e. The third-order valence-electron chi connectivity index (χ3n) is 4.58. The van der Waals surface area contributed by atoms with Gasteiger partial charge in [0.1, 0.15) is 5.69 Å². The lowest BCUT2D eigenvalue weighted by Crippen LogP contribution is -2.28. The van der Waals surface area contributed by atoms with E-state index in [4.69, 9.17) is 9.47 Å². The van der Waals surface area contributed by atoms with Crippen molar-refractivity contribution in [2.45, 2.75) is 13.0 Å². The van der Waals surface area contributed by atoms with E-state index in [-0.39, 0.29) is 11.9 Å². The molecule has 4 rings (SSSR count). The highest BCUT2D eigenvalue weighted by Gasteiger charge is 2.19. The summed E-state index contributed by atoms with van der Waals surface area (Å²) in [6, 6.07) is 12.4. The number of aromatic nitrogens is 5. The molecule has 4 aromatic rings. The Hall–Kier alpha value is -3.88. The summed E-state index contributed by atoms with van der Waals surface area (Å²) >= 11 is 0. The van der Waals surface area contributed by atoms with Crippen molar-refractivity contribution in [3.8, 4) is 22.8 Å². The fourth-order valence-electron chi connectivity index (χ4n) is 3.08. The fraction of sp³-hybridized carbons (Fsp3) is 0.200. The number of benzene rings is 1. The molecule has 9 nitrogen and oxygen atoms in total. The van der Waals surface area contributed by atoms with E-state index in [0.29, 0.717) is 28.7 Å². The van der Waals surface area contributed by atoms with Gasteiger partial charge in [-0.05, 0) is 43.3 Å². The van der Waals surface area contributed by atoms with Gasteiger partial charge in [-0.1, -0.05) is 6.07 Å². The highest BCUT2D eigenvalue weighted by molar-refractivity contribution is 5.93. The lowest BCUT2D eigenvalue weighted by Gasteiger charge is -2.11. The molecule has 2 N–H and O–H groups in total. The fourth-order valence-corrected chi connectivity index (χ4v) is 3.08. The quantitative estimate of drug-likeness (QED) is 0.522. The Morgan fingerprint density at radius 3 is 2.72 bits per heavy atom. The predicted octanol–water partition coefficient (Wildman–Crippen LogP) is 2.63. The Bertz CT molecular complexity index is 1170. The lowest BCUT2D eigenvalue weighted by atomic mass is 10.1. The van der Waals surface area contributed by atoms with Crippen molar-refractivity contribution in [1.82, 2.24) is 30.1 Å². The van der Waals surface area contributed by atoms with Gasteiger partial charge in [-0.2, -0.15) is 5.10 Å². The van der Waals surface area contributed by atoms with Gasteiger partial charge in [0.05, 0.1) is 26.0 Å². The molecule has 0 radical (unpaired) electrons. The Morgan fingerprint density at radius 1 is 1.10 bits per heavy atom. The SMILES string of the molecule is COc1ccc(-c2cc(C(=O)NC(C)c3nnc4ccccn34)[nH]n2)cc1OC. The van der Waals surface area contributed by atoms with Gasteiger partial charge in [0.2, 0.25) is 0 Å². The number of ether oxygens (including phenoxy) is 2. The van der Waals surface area contributed by atoms with Crippen LogP contribution in [0, 0.1) is 0 Å². The Balaban J connectivity index is 1.53. The van der Waals surface area contributed by atoms with Gasteiger partial charge in [-0.3, -0.25) is 14.3 Å². The van der Waals surface area contributed by atoms with Crippen LogP contribution in [0.4, 0.5) is 0 Å². The summed E-state index contributed by atoms with van der Waals surface area (Å²) in [4.78, 5) is 12.7. The second kappa shape index (κ2) is 7.63. The van der Waals surface area contributed by atoms with E-state index in [2.05, 4.69) is 25.7 Å². The Labute approximate surface area is 166 Å². The molecule has 0 saturated carbocycles. The number of aromatic amines is 1. The van der Waals surface area contributed by atoms with Crippen molar-refractivity contribution in [1.29, 1.82) is 0 Å². The topological polar surface area (TPSA) is 106 Å². The van der Waals surface area contributed by atoms with Crippen molar-refractivity contribution < 1.29 is 14.3 Å². The van der Waals surface area contributed by atoms with Crippen molar-refractivity contribution in [3.05, 3.63) is 60.2 Å². The Morgan fingerprint density at radius 2 is 1.93 bits per heavy atom. The Kier molecular flexibility index (Phi) is 4.86. The zero-order chi connectivity index (χ0) is 20.4. The molecular formula is C20H20N6O3. The maximum absolute atomic E-state index is 12.7. The molecule has 148 valence electrons. The predicted molar refractivity (Wildman–Crippen MR) is 106 cm³/mol. The summed E-state index contributed by atoms with van der Waals surface area (Å²) in [7, 11) is 3.15. The average Bonchev–Trinajstić information content (AvgIpc) is 3.40. The molecule has 0 fully saturated rings. The first kappa shape index (κ1) is 18.5. The standard InChI is InChI=1S/C20H20N6O3/c1-12(19-25-24-18-6-4-5-9-26(18)19)21-20(27)15-11-14(22-23-15)13-7-8-16(28-2)17(10-13)29-3/h4-12H,1-3H3,(H,21,27)(H,22,23). The molecule has 1 amide bonds. The minimum Gasteiger partial charge on any atom is -0.493 e. The first-order valence-electron chi connectivity index (χ1n) is 8.99. The number of nitrogens with zero attached hydrogens (tertiary/aromatic N) is 4. The number of H-pyrrole nitrogens is 1. The summed E-state index contributed by atoms with van der Waals surface area (Å²) in [6.07, 6.45) is 1.86. The van der Waals surface area contributed by atoms with Gasteiger partial charge < -0.3 is 14.8 Å². The van der Waals surface area contributed by atoms with E-state index >= 15 is 0 Å². The lowest BCUT2D eigenvalue weighted by molar-refractivity contribution is 0.0933. The van der Waals surface area contributed by atoms with Crippen LogP contribution in [0.5, 0.6) is 11.5 Å². The van der Waals surface area contributed by atoms with E-state index in [0.717, 1.165) is 11.2 Å². The number of amides is 1. The third-order valence-corrected chi connectivity index (χ3v) is 4.58. The normalized spacial score (nSPS) is 12.0. The van der Waals surface area contributed by atoms with Crippen LogP contribution in [-0.4, -0.2) is 44.9 Å². The smallest absolute Gasteiger partial charge is 0.269 e. The molecule has 0 saturated heterocycles. The number of methoxy groups -OCH3 is 2. The van der Waals surface area contributed by atoms with Gasteiger partial charge in [0, 0.05) is 11.8 Å². The number of fused-ring (bicyclic) bond motifs is 1. The highest BCUT2D eigenvalue weighted by atomic mass is 16.5. The zero-order valence-corrected chi connectivity index (χ0v) is 16.2. The summed E-state index contributed by atoms with van der Waals surface area (Å²) in [5.41, 5.74) is 2.49. The number of hydrogen-bond donors (Lipinski definition) is 2. The summed E-state index contributed by atoms with van der Waals surface area (Å²) in [5, 5.41) is 18.2. The van der Waals surface area contributed by atoms with Gasteiger partial charge in [0.25, 0.3) is 5.91 Å². The van der Waals surface area contributed by atoms with Gasteiger partial charge in [0.15, 0.2) is 23.0 Å². The van der Waals surface area contributed by atoms with Crippen LogP contribution in [0.25, 0.3) is 16.9 Å². The van der Waals surface area contributed by atoms with Crippen molar-refractivity contribution in [2.75, 3.05) is 14.2 Å². The minimum absolute atomic E-state index is 0.288. The minimum atomic E-state index is -0.340. The van der Waals surface area contributed by atoms with Crippen LogP contribution < -0.4 is 14.8 Å². The maximum atomic E-state index is 12.7. The van der Waals surface area contributed by atoms with Crippen molar-refractivity contribution >= 4 is 11.6 Å². The van der Waals surface area contributed by atoms with E-state index in [1.165, 1.54) is 0 Å². The van der Waals surface area contributed by atoms with Crippen LogP contribution in [0.2, 0.25) is 0 Å². The van der Waals surface area contributed by atoms with Crippen LogP contribution in [-0.2, 0) is 0 Å². The number of carbonyl (C=O) groups excluding carboxylic acids is 1. The van der Waals surface area contributed by atoms with Crippen LogP contribution in [0.15, 0.2) is 48.7 Å². The molecule has 0 aliphatic rings. The summed E-state index contributed by atoms with van der Waals surface area (Å²) < 4.78 is 12.4. The molecule has 0 aliphatic carbocycles. The van der Waals surface area contributed by atoms with Gasteiger partial charge in [-0.15, -0.1) is 10.2 Å². The third kappa shape index (κ3) is 3.49. The molecule has 1 aromatic carbocycles. The summed E-state index contributed by atoms with van der Waals surface area (Å²) in [5.74, 6) is 1.57. The maximum Gasteiger partial charge on any atom is 0.269 e. The van der Waals surface area contributed by atoms with E-state index < -0.39 is 0 Å². The number of rotatable bonds is 6. The van der Waals surface area contributed by atoms with E-state index in [1.807, 2.05) is 47.9 Å². The molecule has 0 aliphatic heterocycles. The first-order chi connectivity index (χ1) is 14.1. The number of pyridine rings is 1.